The molecule has 5 rings (SSSR count). The molecule has 2 aliphatic rings. The molecule has 0 N–H and O–H groups in total. The number of benzene rings is 2. The number of nitrogens with zero attached hydrogens (tertiary/aromatic N) is 2. The fourth-order valence-corrected chi connectivity index (χ4v) is 5.09. The summed E-state index contributed by atoms with van der Waals surface area (Å²) in [5, 5.41) is -0.0862. The Bertz CT molecular complexity index is 1200. The molecule has 1 aromatic heterocycles. The summed E-state index contributed by atoms with van der Waals surface area (Å²) >= 11 is 0. The van der Waals surface area contributed by atoms with Crippen molar-refractivity contribution < 1.29 is 27.0 Å². The number of methoxy groups -OCH3 is 1. The van der Waals surface area contributed by atoms with Gasteiger partial charge in [0.2, 0.25) is 26.6 Å². The highest BCUT2D eigenvalue weighted by Crippen LogP contribution is 2.39. The summed E-state index contributed by atoms with van der Waals surface area (Å²) in [6.07, 6.45) is 1.95. The molecule has 1 fully saturated rings. The Labute approximate surface area is 180 Å². The fraction of sp³-hybridized carbons (Fsp3) is 0.318. The van der Waals surface area contributed by atoms with Crippen LogP contribution in [-0.4, -0.2) is 46.8 Å². The smallest absolute Gasteiger partial charge is 0.236 e. The van der Waals surface area contributed by atoms with Crippen LogP contribution >= 0.6 is 0 Å². The first kappa shape index (κ1) is 19.7. The minimum absolute atomic E-state index is 0.0862. The van der Waals surface area contributed by atoms with Gasteiger partial charge < -0.3 is 23.5 Å². The maximum absolute atomic E-state index is 13.6. The Hall–Kier alpha value is -3.20. The van der Waals surface area contributed by atoms with E-state index in [9.17, 15) is 8.42 Å². The number of aromatic nitrogens is 1. The molecule has 0 radical (unpaired) electrons. The van der Waals surface area contributed by atoms with Gasteiger partial charge >= 0.3 is 0 Å². The number of fused-ring (bicyclic) bond motifs is 1. The van der Waals surface area contributed by atoms with Crippen LogP contribution in [-0.2, 0) is 9.84 Å². The van der Waals surface area contributed by atoms with E-state index in [1.54, 1.807) is 37.4 Å². The van der Waals surface area contributed by atoms with Gasteiger partial charge in [-0.25, -0.2) is 8.42 Å². The van der Waals surface area contributed by atoms with Crippen molar-refractivity contribution >= 4 is 15.7 Å². The van der Waals surface area contributed by atoms with E-state index < -0.39 is 9.84 Å². The van der Waals surface area contributed by atoms with Crippen molar-refractivity contribution in [2.24, 2.45) is 0 Å². The summed E-state index contributed by atoms with van der Waals surface area (Å²) in [6, 6.07) is 11.8. The molecule has 0 atom stereocenters. The molecule has 162 valence electrons. The number of sulfone groups is 1. The summed E-state index contributed by atoms with van der Waals surface area (Å²) in [6.45, 7) is 2.26. The largest absolute Gasteiger partial charge is 0.497 e. The van der Waals surface area contributed by atoms with E-state index in [0.29, 0.717) is 36.0 Å². The van der Waals surface area contributed by atoms with E-state index in [1.807, 2.05) is 4.90 Å². The van der Waals surface area contributed by atoms with Crippen molar-refractivity contribution in [3.63, 3.8) is 0 Å². The number of anilines is 1. The standard InChI is InChI=1S/C22H22N2O6S/c1-27-16-6-4-15(5-7-16)20-23-21(22(30-20)24-10-2-3-11-24)31(25,26)17-8-9-18-19(14-17)29-13-12-28-18/h4-9,14H,2-3,10-13H2,1H3. The van der Waals surface area contributed by atoms with Gasteiger partial charge in [-0.05, 0) is 49.2 Å². The van der Waals surface area contributed by atoms with Crippen LogP contribution in [0, 0.1) is 0 Å². The topological polar surface area (TPSA) is 91.1 Å². The van der Waals surface area contributed by atoms with Crippen molar-refractivity contribution in [3.05, 3.63) is 42.5 Å². The predicted octanol–water partition coefficient (Wildman–Crippen LogP) is 3.55. The van der Waals surface area contributed by atoms with Gasteiger partial charge in [-0.3, -0.25) is 0 Å². The third-order valence-corrected chi connectivity index (χ3v) is 7.04. The van der Waals surface area contributed by atoms with E-state index >= 15 is 0 Å². The van der Waals surface area contributed by atoms with Gasteiger partial charge in [0.15, 0.2) is 11.5 Å². The van der Waals surface area contributed by atoms with Gasteiger partial charge in [0.25, 0.3) is 0 Å². The Kier molecular flexibility index (Phi) is 4.97. The zero-order valence-electron chi connectivity index (χ0n) is 17.0. The van der Waals surface area contributed by atoms with Crippen LogP contribution in [0.25, 0.3) is 11.5 Å². The van der Waals surface area contributed by atoms with Gasteiger partial charge in [0.1, 0.15) is 19.0 Å². The SMILES string of the molecule is COc1ccc(-c2nc(S(=O)(=O)c3ccc4c(c3)OCCO4)c(N3CCCC3)o2)cc1. The van der Waals surface area contributed by atoms with E-state index in [4.69, 9.17) is 18.6 Å². The molecule has 0 bridgehead atoms. The summed E-state index contributed by atoms with van der Waals surface area (Å²) < 4.78 is 49.4. The second-order valence-corrected chi connectivity index (χ2v) is 9.23. The molecule has 0 amide bonds. The lowest BCUT2D eigenvalue weighted by molar-refractivity contribution is 0.171. The second-order valence-electron chi connectivity index (χ2n) is 7.36. The Morgan fingerprint density at radius 2 is 1.68 bits per heavy atom. The lowest BCUT2D eigenvalue weighted by Gasteiger charge is -2.19. The van der Waals surface area contributed by atoms with Gasteiger partial charge in [0, 0.05) is 24.7 Å². The van der Waals surface area contributed by atoms with Gasteiger partial charge in [-0.2, -0.15) is 4.98 Å². The van der Waals surface area contributed by atoms with Crippen LogP contribution in [0.5, 0.6) is 17.2 Å². The van der Waals surface area contributed by atoms with Crippen LogP contribution in [0.4, 0.5) is 5.88 Å². The quantitative estimate of drug-likeness (QED) is 0.592. The van der Waals surface area contributed by atoms with Crippen LogP contribution in [0.15, 0.2) is 56.8 Å². The van der Waals surface area contributed by atoms with Crippen LogP contribution < -0.4 is 19.1 Å². The van der Waals surface area contributed by atoms with Crippen molar-refractivity contribution in [1.29, 1.82) is 0 Å². The summed E-state index contributed by atoms with van der Waals surface area (Å²) in [5.41, 5.74) is 0.671. The normalized spacial score (nSPS) is 15.8. The number of rotatable bonds is 5. The van der Waals surface area contributed by atoms with E-state index in [-0.39, 0.29) is 21.7 Å². The summed E-state index contributed by atoms with van der Waals surface area (Å²) in [7, 11) is -2.36. The highest BCUT2D eigenvalue weighted by molar-refractivity contribution is 7.91. The molecule has 0 unspecified atom stereocenters. The second kappa shape index (κ2) is 7.81. The highest BCUT2D eigenvalue weighted by atomic mass is 32.2. The van der Waals surface area contributed by atoms with E-state index in [0.717, 1.165) is 25.9 Å². The first-order valence-electron chi connectivity index (χ1n) is 10.1. The molecule has 1 saturated heterocycles. The first-order valence-corrected chi connectivity index (χ1v) is 11.6. The number of oxazole rings is 1. The molecule has 2 aliphatic heterocycles. The monoisotopic (exact) mass is 442 g/mol. The van der Waals surface area contributed by atoms with Gasteiger partial charge in [-0.1, -0.05) is 0 Å². The van der Waals surface area contributed by atoms with E-state index in [2.05, 4.69) is 4.98 Å². The van der Waals surface area contributed by atoms with Crippen molar-refractivity contribution in [2.45, 2.75) is 22.8 Å². The van der Waals surface area contributed by atoms with E-state index in [1.165, 1.54) is 12.1 Å². The molecule has 3 aromatic rings. The summed E-state index contributed by atoms with van der Waals surface area (Å²) in [4.78, 5) is 6.46. The summed E-state index contributed by atoms with van der Waals surface area (Å²) in [5.74, 6) is 2.16. The first-order chi connectivity index (χ1) is 15.1. The third kappa shape index (κ3) is 3.59. The molecule has 0 spiro atoms. The molecule has 2 aromatic carbocycles. The molecule has 8 nitrogen and oxygen atoms in total. The highest BCUT2D eigenvalue weighted by Gasteiger charge is 2.33. The number of ether oxygens (including phenoxy) is 3. The van der Waals surface area contributed by atoms with Crippen LogP contribution in [0.2, 0.25) is 0 Å². The molecule has 3 heterocycles. The van der Waals surface area contributed by atoms with Gasteiger partial charge in [0.05, 0.1) is 12.0 Å². The minimum atomic E-state index is -3.95. The molecule has 31 heavy (non-hydrogen) atoms. The molecule has 0 aliphatic carbocycles. The van der Waals surface area contributed by atoms with Crippen LogP contribution in [0.3, 0.4) is 0 Å². The molecule has 9 heteroatoms. The van der Waals surface area contributed by atoms with Gasteiger partial charge in [-0.15, -0.1) is 0 Å². The van der Waals surface area contributed by atoms with Crippen molar-refractivity contribution in [2.75, 3.05) is 38.3 Å². The fourth-order valence-electron chi connectivity index (χ4n) is 3.75. The molecule has 0 saturated carbocycles. The third-order valence-electron chi connectivity index (χ3n) is 5.39. The van der Waals surface area contributed by atoms with Crippen molar-refractivity contribution in [1.82, 2.24) is 4.98 Å². The Morgan fingerprint density at radius 1 is 0.968 bits per heavy atom. The average molecular weight is 442 g/mol. The molecular formula is C22H22N2O6S. The average Bonchev–Trinajstić information content (AvgIpc) is 3.49. The maximum atomic E-state index is 13.6. The Morgan fingerprint density at radius 3 is 2.39 bits per heavy atom. The van der Waals surface area contributed by atoms with Crippen LogP contribution in [0.1, 0.15) is 12.8 Å². The predicted molar refractivity (Wildman–Crippen MR) is 113 cm³/mol. The zero-order chi connectivity index (χ0) is 21.4. The lowest BCUT2D eigenvalue weighted by atomic mass is 10.2. The number of hydrogen-bond donors (Lipinski definition) is 0. The minimum Gasteiger partial charge on any atom is -0.497 e. The number of hydrogen-bond acceptors (Lipinski definition) is 8. The molecular weight excluding hydrogens is 420 g/mol. The lowest BCUT2D eigenvalue weighted by Crippen LogP contribution is -2.20. The maximum Gasteiger partial charge on any atom is 0.236 e. The van der Waals surface area contributed by atoms with Crippen molar-refractivity contribution in [3.8, 4) is 28.7 Å². The Balaban J connectivity index is 1.60. The zero-order valence-corrected chi connectivity index (χ0v) is 17.9.